The van der Waals surface area contributed by atoms with Crippen LogP contribution in [0.2, 0.25) is 18.6 Å². The van der Waals surface area contributed by atoms with Crippen molar-refractivity contribution >= 4 is 42.1 Å². The lowest BCUT2D eigenvalue weighted by Gasteiger charge is -2.37. The number of aliphatic hydroxyl groups excluding tert-OH is 1. The lowest BCUT2D eigenvalue weighted by molar-refractivity contribution is -0.385. The van der Waals surface area contributed by atoms with Gasteiger partial charge in [-0.2, -0.15) is 0 Å². The van der Waals surface area contributed by atoms with Crippen LogP contribution in [0.5, 0.6) is 5.75 Å². The standard InChI is InChI=1S/C36H44N4O7Si/c1-23-33(48(3,4)29-14-12-28(46-2)13-15-29)32(17-19-41)47-36(23)30-20-27(40(44)45)11-16-31(30)39(35(36)43)22-24-7-9-26(10-8-24)38-34(42)25-6-5-18-37-21-25/h7-16,20,23,25,32-33,37,41H,5-6,17-19,21-22H2,1-4H3,(H,38,42)/t23-,25?,32+,33-,36+/m1/s1. The average Bonchev–Trinajstić information content (AvgIpc) is 3.52. The Morgan fingerprint density at radius 2 is 1.90 bits per heavy atom. The van der Waals surface area contributed by atoms with Gasteiger partial charge in [0.1, 0.15) is 5.75 Å². The maximum atomic E-state index is 14.8. The highest BCUT2D eigenvalue weighted by molar-refractivity contribution is 6.91. The number of piperidine rings is 1. The molecule has 0 bridgehead atoms. The Morgan fingerprint density at radius 3 is 2.52 bits per heavy atom. The largest absolute Gasteiger partial charge is 0.497 e. The van der Waals surface area contributed by atoms with Crippen molar-refractivity contribution in [1.82, 2.24) is 5.32 Å². The van der Waals surface area contributed by atoms with Crippen LogP contribution in [0.15, 0.2) is 66.7 Å². The molecule has 12 heteroatoms. The van der Waals surface area contributed by atoms with Crippen LogP contribution < -0.4 is 25.5 Å². The van der Waals surface area contributed by atoms with Gasteiger partial charge in [0.25, 0.3) is 11.6 Å². The van der Waals surface area contributed by atoms with E-state index in [2.05, 4.69) is 35.9 Å². The Morgan fingerprint density at radius 1 is 1.17 bits per heavy atom. The zero-order valence-electron chi connectivity index (χ0n) is 27.9. The predicted molar refractivity (Wildman–Crippen MR) is 186 cm³/mol. The monoisotopic (exact) mass is 672 g/mol. The number of carbonyl (C=O) groups is 2. The molecule has 0 aliphatic carbocycles. The van der Waals surface area contributed by atoms with E-state index < -0.39 is 24.7 Å². The molecule has 11 nitrogen and oxygen atoms in total. The Balaban J connectivity index is 1.33. The topological polar surface area (TPSA) is 143 Å². The normalized spacial score (nSPS) is 25.3. The Kier molecular flexibility index (Phi) is 9.45. The number of carbonyl (C=O) groups excluding carboxylic acids is 2. The van der Waals surface area contributed by atoms with Crippen molar-refractivity contribution in [3.63, 3.8) is 0 Å². The molecule has 48 heavy (non-hydrogen) atoms. The summed E-state index contributed by atoms with van der Waals surface area (Å²) in [6, 6.07) is 20.0. The van der Waals surface area contributed by atoms with Crippen molar-refractivity contribution in [2.24, 2.45) is 11.8 Å². The van der Waals surface area contributed by atoms with Gasteiger partial charge in [-0.3, -0.25) is 19.7 Å². The van der Waals surface area contributed by atoms with E-state index in [-0.39, 0.29) is 48.0 Å². The smallest absolute Gasteiger partial charge is 0.269 e. The Bertz CT molecular complexity index is 1680. The third-order valence-electron chi connectivity index (χ3n) is 10.7. The van der Waals surface area contributed by atoms with Crippen LogP contribution in [0.4, 0.5) is 17.1 Å². The van der Waals surface area contributed by atoms with E-state index in [9.17, 15) is 24.8 Å². The number of methoxy groups -OCH3 is 1. The number of hydrogen-bond acceptors (Lipinski definition) is 8. The number of rotatable bonds is 10. The SMILES string of the molecule is COc1ccc([Si](C)(C)[C@H]2[C@H](CCO)O[C@@]3(C(=O)N(Cc4ccc(NC(=O)C5CCCNC5)cc4)c4ccc([N+](=O)[O-])cc43)[C@@H]2C)cc1. The maximum Gasteiger partial charge on any atom is 0.269 e. The second kappa shape index (κ2) is 13.4. The molecule has 3 heterocycles. The average molecular weight is 673 g/mol. The fraction of sp³-hybridized carbons (Fsp3) is 0.444. The first-order chi connectivity index (χ1) is 23.0. The third kappa shape index (κ3) is 5.91. The number of fused-ring (bicyclic) bond motifs is 2. The van der Waals surface area contributed by atoms with E-state index >= 15 is 0 Å². The number of non-ortho nitro benzene ring substituents is 1. The predicted octanol–water partition coefficient (Wildman–Crippen LogP) is 4.69. The van der Waals surface area contributed by atoms with Crippen LogP contribution in [0, 0.1) is 22.0 Å². The summed E-state index contributed by atoms with van der Waals surface area (Å²) in [5.74, 6) is 0.0627. The van der Waals surface area contributed by atoms with Gasteiger partial charge >= 0.3 is 0 Å². The van der Waals surface area contributed by atoms with Gasteiger partial charge in [0.15, 0.2) is 5.60 Å². The van der Waals surface area contributed by atoms with Gasteiger partial charge in [-0.1, -0.05) is 49.5 Å². The molecule has 1 spiro atoms. The molecule has 1 unspecified atom stereocenters. The molecule has 3 aliphatic rings. The molecule has 3 aromatic rings. The van der Waals surface area contributed by atoms with Crippen molar-refractivity contribution < 1.29 is 29.1 Å². The van der Waals surface area contributed by atoms with Crippen LogP contribution in [0.3, 0.4) is 0 Å². The third-order valence-corrected chi connectivity index (χ3v) is 15.0. The summed E-state index contributed by atoms with van der Waals surface area (Å²) in [6.07, 6.45) is 1.73. The number of benzene rings is 3. The number of anilines is 2. The van der Waals surface area contributed by atoms with Gasteiger partial charge < -0.3 is 30.1 Å². The van der Waals surface area contributed by atoms with Gasteiger partial charge in [0, 0.05) is 42.5 Å². The fourth-order valence-electron chi connectivity index (χ4n) is 8.17. The molecule has 2 fully saturated rings. The van der Waals surface area contributed by atoms with Crippen LogP contribution in [0.25, 0.3) is 0 Å². The van der Waals surface area contributed by atoms with E-state index in [1.165, 1.54) is 12.1 Å². The van der Waals surface area contributed by atoms with Crippen LogP contribution >= 0.6 is 0 Å². The summed E-state index contributed by atoms with van der Waals surface area (Å²) < 4.78 is 12.3. The molecule has 0 saturated carbocycles. The van der Waals surface area contributed by atoms with Crippen LogP contribution in [-0.2, 0) is 26.5 Å². The molecule has 3 N–H and O–H groups in total. The summed E-state index contributed by atoms with van der Waals surface area (Å²) in [6.45, 7) is 8.22. The number of aliphatic hydroxyl groups is 1. The summed E-state index contributed by atoms with van der Waals surface area (Å²) in [4.78, 5) is 40.8. The van der Waals surface area contributed by atoms with Crippen LogP contribution in [0.1, 0.15) is 37.3 Å². The van der Waals surface area contributed by atoms with Gasteiger partial charge in [-0.05, 0) is 67.2 Å². The second-order valence-corrected chi connectivity index (χ2v) is 18.4. The minimum absolute atomic E-state index is 0.0115. The van der Waals surface area contributed by atoms with E-state index in [0.29, 0.717) is 29.9 Å². The number of hydrogen-bond donors (Lipinski definition) is 3. The minimum atomic E-state index is -2.39. The zero-order chi connectivity index (χ0) is 34.2. The van der Waals surface area contributed by atoms with Crippen molar-refractivity contribution in [2.75, 3.05) is 37.0 Å². The molecule has 3 aliphatic heterocycles. The molecular formula is C36H44N4O7Si. The number of amides is 2. The highest BCUT2D eigenvalue weighted by Crippen LogP contribution is 2.60. The summed E-state index contributed by atoms with van der Waals surface area (Å²) in [7, 11) is -0.762. The number of ether oxygens (including phenoxy) is 2. The van der Waals surface area contributed by atoms with Crippen molar-refractivity contribution in [2.45, 2.75) is 63.1 Å². The Labute approximate surface area is 281 Å². The maximum absolute atomic E-state index is 14.8. The first kappa shape index (κ1) is 33.8. The van der Waals surface area contributed by atoms with E-state index in [0.717, 1.165) is 35.9 Å². The minimum Gasteiger partial charge on any atom is -0.497 e. The quantitative estimate of drug-likeness (QED) is 0.160. The highest BCUT2D eigenvalue weighted by Gasteiger charge is 2.66. The van der Waals surface area contributed by atoms with Crippen molar-refractivity contribution in [3.05, 3.63) is 88.0 Å². The fourth-order valence-corrected chi connectivity index (χ4v) is 12.2. The number of nitrogens with one attached hydrogen (secondary N) is 2. The Hall–Kier alpha value is -4.10. The van der Waals surface area contributed by atoms with E-state index in [4.69, 9.17) is 9.47 Å². The zero-order valence-corrected chi connectivity index (χ0v) is 28.9. The number of nitrogens with zero attached hydrogens (tertiary/aromatic N) is 2. The molecule has 5 atom stereocenters. The van der Waals surface area contributed by atoms with Crippen molar-refractivity contribution in [1.29, 1.82) is 0 Å². The molecule has 3 aromatic carbocycles. The molecule has 2 amide bonds. The molecule has 2 saturated heterocycles. The van der Waals surface area contributed by atoms with Gasteiger partial charge in [-0.15, -0.1) is 0 Å². The first-order valence-electron chi connectivity index (χ1n) is 16.7. The lowest BCUT2D eigenvalue weighted by atomic mass is 9.82. The summed E-state index contributed by atoms with van der Waals surface area (Å²) >= 11 is 0. The number of nitro benzene ring substituents is 1. The molecule has 6 rings (SSSR count). The van der Waals surface area contributed by atoms with E-state index in [1.807, 2.05) is 43.3 Å². The molecule has 0 aromatic heterocycles. The molecule has 0 radical (unpaired) electrons. The van der Waals surface area contributed by atoms with Gasteiger partial charge in [0.05, 0.1) is 44.4 Å². The molecule has 254 valence electrons. The summed E-state index contributed by atoms with van der Waals surface area (Å²) in [5, 5.41) is 29.6. The second-order valence-electron chi connectivity index (χ2n) is 13.7. The summed E-state index contributed by atoms with van der Waals surface area (Å²) in [5.41, 5.74) is 0.935. The van der Waals surface area contributed by atoms with Crippen molar-refractivity contribution in [3.8, 4) is 5.75 Å². The van der Waals surface area contributed by atoms with Crippen LogP contribution in [-0.4, -0.2) is 62.8 Å². The van der Waals surface area contributed by atoms with Gasteiger partial charge in [-0.25, -0.2) is 0 Å². The first-order valence-corrected chi connectivity index (χ1v) is 19.7. The molecular weight excluding hydrogens is 629 g/mol. The highest BCUT2D eigenvalue weighted by atomic mass is 28.3. The lowest BCUT2D eigenvalue weighted by Crippen LogP contribution is -2.51. The van der Waals surface area contributed by atoms with Gasteiger partial charge in [0.2, 0.25) is 5.91 Å². The van der Waals surface area contributed by atoms with E-state index in [1.54, 1.807) is 18.1 Å². The number of nitro groups is 1.